The number of carbonyl (C=O) groups is 1. The molecule has 1 amide bonds. The average molecular weight is 328 g/mol. The summed E-state index contributed by atoms with van der Waals surface area (Å²) in [6, 6.07) is 4.63. The Morgan fingerprint density at radius 1 is 1.30 bits per heavy atom. The number of nitriles is 1. The molecule has 5 nitrogen and oxygen atoms in total. The molecule has 0 radical (unpaired) electrons. The number of carboxylic acid groups (broad SMARTS) is 1. The number of benzene rings is 1. The van der Waals surface area contributed by atoms with E-state index in [-0.39, 0.29) is 17.9 Å². The summed E-state index contributed by atoms with van der Waals surface area (Å²) in [5, 5.41) is 19.8. The van der Waals surface area contributed by atoms with E-state index in [2.05, 4.69) is 5.32 Å². The van der Waals surface area contributed by atoms with Gasteiger partial charge in [0, 0.05) is 6.04 Å². The van der Waals surface area contributed by atoms with Crippen LogP contribution in [0, 0.1) is 11.3 Å². The molecule has 0 saturated heterocycles. The van der Waals surface area contributed by atoms with Gasteiger partial charge in [-0.1, -0.05) is 0 Å². The first kappa shape index (κ1) is 16.9. The van der Waals surface area contributed by atoms with Crippen molar-refractivity contribution in [3.8, 4) is 11.8 Å². The van der Waals surface area contributed by atoms with Gasteiger partial charge in [-0.2, -0.15) is 18.4 Å². The zero-order valence-electron chi connectivity index (χ0n) is 12.1. The minimum absolute atomic E-state index is 0.0611. The fraction of sp³-hybridized carbons (Fsp3) is 0.467. The summed E-state index contributed by atoms with van der Waals surface area (Å²) in [6.07, 6.45) is -3.74. The van der Waals surface area contributed by atoms with Crippen LogP contribution in [0.1, 0.15) is 36.8 Å². The molecule has 1 fully saturated rings. The van der Waals surface area contributed by atoms with E-state index in [0.717, 1.165) is 12.1 Å². The van der Waals surface area contributed by atoms with Crippen LogP contribution in [0.3, 0.4) is 0 Å². The number of alkyl halides is 3. The maximum Gasteiger partial charge on any atom is 0.417 e. The molecule has 0 atom stereocenters. The van der Waals surface area contributed by atoms with Crippen LogP contribution in [-0.2, 0) is 6.18 Å². The van der Waals surface area contributed by atoms with Crippen LogP contribution in [0.15, 0.2) is 18.2 Å². The lowest BCUT2D eigenvalue weighted by atomic mass is 9.93. The monoisotopic (exact) mass is 328 g/mol. The zero-order chi connectivity index (χ0) is 17.0. The number of hydrogen-bond donors (Lipinski definition) is 2. The number of rotatable bonds is 3. The number of amides is 1. The Hall–Kier alpha value is -2.43. The SMILES string of the molecule is N#Cc1ccc(OC2CCC(NC(=O)O)CC2)cc1C(F)(F)F. The van der Waals surface area contributed by atoms with E-state index >= 15 is 0 Å². The van der Waals surface area contributed by atoms with Gasteiger partial charge in [0.05, 0.1) is 23.3 Å². The molecule has 0 spiro atoms. The molecule has 1 aromatic rings. The normalized spacial score (nSPS) is 21.3. The van der Waals surface area contributed by atoms with Crippen LogP contribution < -0.4 is 10.1 Å². The van der Waals surface area contributed by atoms with Gasteiger partial charge in [0.2, 0.25) is 0 Å². The van der Waals surface area contributed by atoms with Crippen LogP contribution in [0.5, 0.6) is 5.75 Å². The molecule has 124 valence electrons. The minimum atomic E-state index is -4.62. The molecule has 0 aromatic heterocycles. The van der Waals surface area contributed by atoms with Gasteiger partial charge in [-0.05, 0) is 43.9 Å². The number of hydrogen-bond acceptors (Lipinski definition) is 3. The Morgan fingerprint density at radius 2 is 1.96 bits per heavy atom. The summed E-state index contributed by atoms with van der Waals surface area (Å²) >= 11 is 0. The van der Waals surface area contributed by atoms with E-state index in [1.165, 1.54) is 12.1 Å². The standard InChI is InChI=1S/C15H15F3N2O3/c16-15(17,18)13-7-12(4-1-9(13)8-19)23-11-5-2-10(3-6-11)20-14(21)22/h1,4,7,10-11,20H,2-3,5-6H2,(H,21,22). The van der Waals surface area contributed by atoms with E-state index in [4.69, 9.17) is 15.1 Å². The van der Waals surface area contributed by atoms with Gasteiger partial charge in [-0.25, -0.2) is 4.79 Å². The quantitative estimate of drug-likeness (QED) is 0.889. The lowest BCUT2D eigenvalue weighted by molar-refractivity contribution is -0.137. The summed E-state index contributed by atoms with van der Waals surface area (Å²) < 4.78 is 44.2. The summed E-state index contributed by atoms with van der Waals surface area (Å²) in [7, 11) is 0. The van der Waals surface area contributed by atoms with Crippen molar-refractivity contribution in [2.75, 3.05) is 0 Å². The molecule has 1 aliphatic carbocycles. The topological polar surface area (TPSA) is 82.3 Å². The van der Waals surface area contributed by atoms with Crippen LogP contribution in [-0.4, -0.2) is 23.3 Å². The van der Waals surface area contributed by atoms with Gasteiger partial charge < -0.3 is 15.2 Å². The first-order chi connectivity index (χ1) is 10.8. The number of ether oxygens (including phenoxy) is 1. The third-order valence-electron chi connectivity index (χ3n) is 3.72. The van der Waals surface area contributed by atoms with Crippen molar-refractivity contribution in [1.29, 1.82) is 5.26 Å². The van der Waals surface area contributed by atoms with Crippen molar-refractivity contribution in [2.24, 2.45) is 0 Å². The molecule has 0 unspecified atom stereocenters. The Labute approximate surface area is 130 Å². The van der Waals surface area contributed by atoms with Gasteiger partial charge in [-0.15, -0.1) is 0 Å². The average Bonchev–Trinajstić information content (AvgIpc) is 2.48. The smallest absolute Gasteiger partial charge is 0.417 e. The Kier molecular flexibility index (Phi) is 4.98. The minimum Gasteiger partial charge on any atom is -0.490 e. The first-order valence-electron chi connectivity index (χ1n) is 7.07. The van der Waals surface area contributed by atoms with Crippen molar-refractivity contribution in [3.05, 3.63) is 29.3 Å². The van der Waals surface area contributed by atoms with Crippen molar-refractivity contribution in [2.45, 2.75) is 44.0 Å². The second-order valence-electron chi connectivity index (χ2n) is 5.36. The summed E-state index contributed by atoms with van der Waals surface area (Å²) in [4.78, 5) is 10.6. The van der Waals surface area contributed by atoms with Gasteiger partial charge in [0.1, 0.15) is 5.75 Å². The molecule has 1 aliphatic rings. The largest absolute Gasteiger partial charge is 0.490 e. The number of nitrogens with zero attached hydrogens (tertiary/aromatic N) is 1. The molecular weight excluding hydrogens is 313 g/mol. The lowest BCUT2D eigenvalue weighted by Gasteiger charge is -2.29. The summed E-state index contributed by atoms with van der Waals surface area (Å²) in [5.74, 6) is 0.0611. The van der Waals surface area contributed by atoms with Gasteiger partial charge in [0.15, 0.2) is 0 Å². The van der Waals surface area contributed by atoms with E-state index in [0.29, 0.717) is 25.7 Å². The second-order valence-corrected chi connectivity index (χ2v) is 5.36. The number of nitrogens with one attached hydrogen (secondary N) is 1. The molecule has 0 heterocycles. The molecule has 8 heteroatoms. The van der Waals surface area contributed by atoms with Crippen LogP contribution in [0.2, 0.25) is 0 Å². The third kappa shape index (κ3) is 4.52. The maximum atomic E-state index is 12.9. The highest BCUT2D eigenvalue weighted by molar-refractivity contribution is 5.64. The summed E-state index contributed by atoms with van der Waals surface area (Å²) in [6.45, 7) is 0. The van der Waals surface area contributed by atoms with Crippen LogP contribution in [0.25, 0.3) is 0 Å². The van der Waals surface area contributed by atoms with Gasteiger partial charge in [-0.3, -0.25) is 0 Å². The zero-order valence-corrected chi connectivity index (χ0v) is 12.1. The van der Waals surface area contributed by atoms with E-state index in [9.17, 15) is 18.0 Å². The molecule has 2 N–H and O–H groups in total. The molecule has 23 heavy (non-hydrogen) atoms. The predicted molar refractivity (Wildman–Crippen MR) is 74.0 cm³/mol. The second kappa shape index (κ2) is 6.77. The lowest BCUT2D eigenvalue weighted by Crippen LogP contribution is -2.38. The third-order valence-corrected chi connectivity index (χ3v) is 3.72. The van der Waals surface area contributed by atoms with Gasteiger partial charge in [0.25, 0.3) is 0 Å². The Morgan fingerprint density at radius 3 is 2.48 bits per heavy atom. The van der Waals surface area contributed by atoms with E-state index in [1.807, 2.05) is 0 Å². The summed E-state index contributed by atoms with van der Waals surface area (Å²) in [5.41, 5.74) is -1.46. The van der Waals surface area contributed by atoms with Crippen molar-refractivity contribution < 1.29 is 27.8 Å². The molecule has 2 rings (SSSR count). The van der Waals surface area contributed by atoms with Crippen molar-refractivity contribution >= 4 is 6.09 Å². The van der Waals surface area contributed by atoms with Crippen molar-refractivity contribution in [3.63, 3.8) is 0 Å². The highest BCUT2D eigenvalue weighted by Gasteiger charge is 2.34. The fourth-order valence-corrected chi connectivity index (χ4v) is 2.62. The fourth-order valence-electron chi connectivity index (χ4n) is 2.62. The molecular formula is C15H15F3N2O3. The highest BCUT2D eigenvalue weighted by Crippen LogP contribution is 2.35. The molecule has 0 aliphatic heterocycles. The van der Waals surface area contributed by atoms with Crippen LogP contribution in [0.4, 0.5) is 18.0 Å². The molecule has 0 bridgehead atoms. The van der Waals surface area contributed by atoms with Crippen molar-refractivity contribution in [1.82, 2.24) is 5.32 Å². The van der Waals surface area contributed by atoms with Gasteiger partial charge >= 0.3 is 12.3 Å². The molecule has 1 aromatic carbocycles. The Balaban J connectivity index is 2.02. The van der Waals surface area contributed by atoms with E-state index in [1.54, 1.807) is 0 Å². The maximum absolute atomic E-state index is 12.9. The van der Waals surface area contributed by atoms with E-state index < -0.39 is 23.4 Å². The number of halogens is 3. The van der Waals surface area contributed by atoms with Crippen LogP contribution >= 0.6 is 0 Å². The highest BCUT2D eigenvalue weighted by atomic mass is 19.4. The Bertz CT molecular complexity index is 617. The predicted octanol–water partition coefficient (Wildman–Crippen LogP) is 3.53. The first-order valence-corrected chi connectivity index (χ1v) is 7.07. The molecule has 1 saturated carbocycles.